The fraction of sp³-hybridized carbons (Fsp3) is 0.750. The van der Waals surface area contributed by atoms with Gasteiger partial charge in [0, 0.05) is 56.5 Å². The number of nitrogens with one attached hydrogen (secondary N) is 1. The molecular weight excluding hydrogens is 408 g/mol. The standard InChI is InChI=1S/C28H44N4O/c1-22-5-4-15-32(22)27-14-18-31(21-27)26-10-8-23(9-11-26)19-28(33)29-25-12-16-30(17-13-25)20-24-6-2-3-7-24/h8-11,22,24-25,27H,2-7,12-21H2,1H3,(H,29,33). The number of hydrogen-bond donors (Lipinski definition) is 1. The molecule has 0 radical (unpaired) electrons. The molecule has 0 aromatic heterocycles. The number of amides is 1. The fourth-order valence-corrected chi connectivity index (χ4v) is 6.85. The van der Waals surface area contributed by atoms with Gasteiger partial charge in [0.1, 0.15) is 0 Å². The maximum Gasteiger partial charge on any atom is 0.224 e. The minimum atomic E-state index is 0.182. The van der Waals surface area contributed by atoms with E-state index in [0.29, 0.717) is 18.5 Å². The van der Waals surface area contributed by atoms with Gasteiger partial charge in [0.25, 0.3) is 0 Å². The van der Waals surface area contributed by atoms with Crippen LogP contribution in [-0.4, -0.2) is 73.1 Å². The Labute approximate surface area is 200 Å². The largest absolute Gasteiger partial charge is 0.370 e. The van der Waals surface area contributed by atoms with Crippen LogP contribution in [0.4, 0.5) is 5.69 Å². The van der Waals surface area contributed by atoms with Crippen LogP contribution >= 0.6 is 0 Å². The highest BCUT2D eigenvalue weighted by Gasteiger charge is 2.33. The average Bonchev–Trinajstić information content (AvgIpc) is 3.58. The lowest BCUT2D eigenvalue weighted by molar-refractivity contribution is -0.121. The van der Waals surface area contributed by atoms with E-state index in [9.17, 15) is 4.79 Å². The molecule has 33 heavy (non-hydrogen) atoms. The number of carbonyl (C=O) groups excluding carboxylic acids is 1. The third-order valence-electron chi connectivity index (χ3n) is 8.85. The molecule has 1 aliphatic carbocycles. The van der Waals surface area contributed by atoms with Gasteiger partial charge in [-0.25, -0.2) is 0 Å². The number of piperidine rings is 1. The zero-order chi connectivity index (χ0) is 22.6. The predicted molar refractivity (Wildman–Crippen MR) is 136 cm³/mol. The van der Waals surface area contributed by atoms with Crippen LogP contribution < -0.4 is 10.2 Å². The SMILES string of the molecule is CC1CCCN1C1CCN(c2ccc(CC(=O)NC3CCN(CC4CCCC4)CC3)cc2)C1. The summed E-state index contributed by atoms with van der Waals surface area (Å²) in [6, 6.07) is 10.6. The van der Waals surface area contributed by atoms with Crippen LogP contribution in [0.15, 0.2) is 24.3 Å². The summed E-state index contributed by atoms with van der Waals surface area (Å²) >= 11 is 0. The van der Waals surface area contributed by atoms with Crippen LogP contribution in [0.1, 0.15) is 70.3 Å². The highest BCUT2D eigenvalue weighted by Crippen LogP contribution is 2.29. The molecule has 3 saturated heterocycles. The Morgan fingerprint density at radius 1 is 0.909 bits per heavy atom. The minimum Gasteiger partial charge on any atom is -0.370 e. The molecule has 2 unspecified atom stereocenters. The zero-order valence-corrected chi connectivity index (χ0v) is 20.7. The van der Waals surface area contributed by atoms with E-state index < -0.39 is 0 Å². The summed E-state index contributed by atoms with van der Waals surface area (Å²) in [6.07, 6.45) is 12.4. The molecule has 3 aliphatic heterocycles. The zero-order valence-electron chi connectivity index (χ0n) is 20.7. The second-order valence-corrected chi connectivity index (χ2v) is 11.3. The number of hydrogen-bond acceptors (Lipinski definition) is 4. The van der Waals surface area contributed by atoms with Gasteiger partial charge in [-0.1, -0.05) is 25.0 Å². The second kappa shape index (κ2) is 10.8. The summed E-state index contributed by atoms with van der Waals surface area (Å²) in [5.41, 5.74) is 2.43. The number of benzene rings is 1. The van der Waals surface area contributed by atoms with E-state index >= 15 is 0 Å². The van der Waals surface area contributed by atoms with Crippen molar-refractivity contribution in [1.82, 2.24) is 15.1 Å². The molecule has 0 bridgehead atoms. The summed E-state index contributed by atoms with van der Waals surface area (Å²) in [7, 11) is 0. The van der Waals surface area contributed by atoms with Crippen molar-refractivity contribution in [2.24, 2.45) is 5.92 Å². The summed E-state index contributed by atoms with van der Waals surface area (Å²) in [5.74, 6) is 1.11. The molecule has 4 aliphatic rings. The lowest BCUT2D eigenvalue weighted by Crippen LogP contribution is -2.46. The molecule has 5 nitrogen and oxygen atoms in total. The van der Waals surface area contributed by atoms with E-state index in [1.807, 2.05) is 0 Å². The lowest BCUT2D eigenvalue weighted by atomic mass is 10.0. The molecule has 1 N–H and O–H groups in total. The van der Waals surface area contributed by atoms with Crippen molar-refractivity contribution in [1.29, 1.82) is 0 Å². The summed E-state index contributed by atoms with van der Waals surface area (Å²) in [5, 5.41) is 3.31. The van der Waals surface area contributed by atoms with E-state index in [-0.39, 0.29) is 5.91 Å². The van der Waals surface area contributed by atoms with Crippen LogP contribution in [0.25, 0.3) is 0 Å². The molecule has 5 rings (SSSR count). The van der Waals surface area contributed by atoms with Gasteiger partial charge < -0.3 is 15.1 Å². The predicted octanol–water partition coefficient (Wildman–Crippen LogP) is 4.06. The Bertz CT molecular complexity index is 767. The fourth-order valence-electron chi connectivity index (χ4n) is 6.85. The normalized spacial score (nSPS) is 28.1. The van der Waals surface area contributed by atoms with Gasteiger partial charge in [-0.3, -0.25) is 9.69 Å². The molecule has 3 heterocycles. The van der Waals surface area contributed by atoms with Gasteiger partial charge in [0.15, 0.2) is 0 Å². The van der Waals surface area contributed by atoms with Crippen LogP contribution in [0.3, 0.4) is 0 Å². The van der Waals surface area contributed by atoms with Crippen molar-refractivity contribution in [3.63, 3.8) is 0 Å². The summed E-state index contributed by atoms with van der Waals surface area (Å²) in [4.78, 5) is 20.5. The average molecular weight is 453 g/mol. The molecule has 2 atom stereocenters. The number of rotatable bonds is 7. The smallest absolute Gasteiger partial charge is 0.224 e. The number of carbonyl (C=O) groups is 1. The Kier molecular flexibility index (Phi) is 7.56. The van der Waals surface area contributed by atoms with E-state index in [0.717, 1.165) is 56.5 Å². The highest BCUT2D eigenvalue weighted by atomic mass is 16.1. The Morgan fingerprint density at radius 3 is 2.36 bits per heavy atom. The quantitative estimate of drug-likeness (QED) is 0.677. The van der Waals surface area contributed by atoms with Gasteiger partial charge in [-0.15, -0.1) is 0 Å². The first kappa shape index (κ1) is 23.2. The first-order valence-corrected chi connectivity index (χ1v) is 13.8. The molecule has 1 aromatic carbocycles. The van der Waals surface area contributed by atoms with E-state index in [1.54, 1.807) is 0 Å². The van der Waals surface area contributed by atoms with E-state index in [4.69, 9.17) is 0 Å². The van der Waals surface area contributed by atoms with Crippen molar-refractivity contribution in [2.45, 2.75) is 89.3 Å². The minimum absolute atomic E-state index is 0.182. The monoisotopic (exact) mass is 452 g/mol. The molecule has 5 heteroatoms. The van der Waals surface area contributed by atoms with Crippen LogP contribution in [0, 0.1) is 5.92 Å². The van der Waals surface area contributed by atoms with Crippen LogP contribution in [-0.2, 0) is 11.2 Å². The highest BCUT2D eigenvalue weighted by molar-refractivity contribution is 5.79. The van der Waals surface area contributed by atoms with E-state index in [1.165, 1.54) is 63.7 Å². The molecule has 4 fully saturated rings. The molecule has 1 amide bonds. The van der Waals surface area contributed by atoms with Crippen LogP contribution in [0.5, 0.6) is 0 Å². The van der Waals surface area contributed by atoms with Gasteiger partial charge in [-0.2, -0.15) is 0 Å². The topological polar surface area (TPSA) is 38.8 Å². The Hall–Kier alpha value is -1.59. The van der Waals surface area contributed by atoms with Crippen molar-refractivity contribution in [3.8, 4) is 0 Å². The van der Waals surface area contributed by atoms with E-state index in [2.05, 4.69) is 51.2 Å². The van der Waals surface area contributed by atoms with Gasteiger partial charge in [-0.05, 0) is 82.0 Å². The molecule has 182 valence electrons. The van der Waals surface area contributed by atoms with Crippen LogP contribution in [0.2, 0.25) is 0 Å². The third kappa shape index (κ3) is 5.92. The van der Waals surface area contributed by atoms with Gasteiger partial charge in [0.05, 0.1) is 6.42 Å². The van der Waals surface area contributed by atoms with Crippen molar-refractivity contribution >= 4 is 11.6 Å². The van der Waals surface area contributed by atoms with Crippen molar-refractivity contribution in [3.05, 3.63) is 29.8 Å². The second-order valence-electron chi connectivity index (χ2n) is 11.3. The maximum absolute atomic E-state index is 12.7. The Morgan fingerprint density at radius 2 is 1.67 bits per heavy atom. The lowest BCUT2D eigenvalue weighted by Gasteiger charge is -2.33. The maximum atomic E-state index is 12.7. The first-order chi connectivity index (χ1) is 16.1. The van der Waals surface area contributed by atoms with Crippen molar-refractivity contribution in [2.75, 3.05) is 44.2 Å². The van der Waals surface area contributed by atoms with Crippen molar-refractivity contribution < 1.29 is 4.79 Å². The molecular formula is C28H44N4O. The Balaban J connectivity index is 1.04. The first-order valence-electron chi connectivity index (χ1n) is 13.8. The summed E-state index contributed by atoms with van der Waals surface area (Å²) in [6.45, 7) is 9.51. The molecule has 1 saturated carbocycles. The number of nitrogens with zero attached hydrogens (tertiary/aromatic N) is 3. The summed E-state index contributed by atoms with van der Waals surface area (Å²) < 4.78 is 0. The molecule has 1 aromatic rings. The van der Waals surface area contributed by atoms with Gasteiger partial charge in [0.2, 0.25) is 5.91 Å². The molecule has 0 spiro atoms. The number of anilines is 1. The number of likely N-dealkylation sites (tertiary alicyclic amines) is 2. The van der Waals surface area contributed by atoms with Gasteiger partial charge >= 0.3 is 0 Å². The third-order valence-corrected chi connectivity index (χ3v) is 8.85.